The Bertz CT molecular complexity index is 1060. The molecule has 0 radical (unpaired) electrons. The lowest BCUT2D eigenvalue weighted by atomic mass is 9.95. The molecule has 5 rings (SSSR count). The van der Waals surface area contributed by atoms with Gasteiger partial charge in [0, 0.05) is 4.88 Å². The molecule has 0 fully saturated rings. The van der Waals surface area contributed by atoms with E-state index in [9.17, 15) is 4.79 Å². The van der Waals surface area contributed by atoms with E-state index in [1.807, 2.05) is 24.3 Å². The van der Waals surface area contributed by atoms with Crippen molar-refractivity contribution in [2.75, 3.05) is 5.32 Å². The fourth-order valence-electron chi connectivity index (χ4n) is 3.54. The van der Waals surface area contributed by atoms with Gasteiger partial charge in [-0.05, 0) is 49.4 Å². The normalized spacial score (nSPS) is 13.7. The van der Waals surface area contributed by atoms with E-state index in [2.05, 4.69) is 10.3 Å². The highest BCUT2D eigenvalue weighted by Crippen LogP contribution is 2.43. The summed E-state index contributed by atoms with van der Waals surface area (Å²) >= 11 is 1.67. The number of benzene rings is 1. The molecule has 2 N–H and O–H groups in total. The van der Waals surface area contributed by atoms with Crippen LogP contribution >= 0.6 is 11.3 Å². The number of aromatic amines is 1. The van der Waals surface area contributed by atoms with Gasteiger partial charge in [-0.15, -0.1) is 11.3 Å². The summed E-state index contributed by atoms with van der Waals surface area (Å²) in [5.74, 6) is 0.669. The Labute approximate surface area is 154 Å². The minimum atomic E-state index is -0.158. The van der Waals surface area contributed by atoms with Crippen LogP contribution in [0.15, 0.2) is 47.3 Å². The zero-order valence-electron chi connectivity index (χ0n) is 14.0. The molecule has 0 unspecified atom stereocenters. The first-order chi connectivity index (χ1) is 12.8. The van der Waals surface area contributed by atoms with Crippen LogP contribution < -0.4 is 5.32 Å². The molecule has 26 heavy (non-hydrogen) atoms. The average Bonchev–Trinajstić information content (AvgIpc) is 3.38. The van der Waals surface area contributed by atoms with Crippen LogP contribution in [0.4, 0.5) is 5.00 Å². The van der Waals surface area contributed by atoms with E-state index in [4.69, 9.17) is 9.40 Å². The first-order valence-corrected chi connectivity index (χ1v) is 9.54. The summed E-state index contributed by atoms with van der Waals surface area (Å²) in [5, 5.41) is 3.94. The van der Waals surface area contributed by atoms with Gasteiger partial charge < -0.3 is 14.7 Å². The van der Waals surface area contributed by atoms with Gasteiger partial charge in [0.25, 0.3) is 5.91 Å². The predicted octanol–water partition coefficient (Wildman–Crippen LogP) is 5.02. The van der Waals surface area contributed by atoms with E-state index >= 15 is 0 Å². The number of aryl methyl sites for hydroxylation is 1. The topological polar surface area (TPSA) is 70.9 Å². The Hall–Kier alpha value is -2.86. The van der Waals surface area contributed by atoms with Crippen LogP contribution in [0.3, 0.4) is 0 Å². The number of nitrogens with zero attached hydrogens (tertiary/aromatic N) is 1. The lowest BCUT2D eigenvalue weighted by molar-refractivity contribution is 0.102. The molecule has 0 saturated carbocycles. The van der Waals surface area contributed by atoms with Gasteiger partial charge in [-0.1, -0.05) is 12.1 Å². The maximum atomic E-state index is 12.5. The number of carbonyl (C=O) groups is 1. The number of rotatable bonds is 3. The van der Waals surface area contributed by atoms with Crippen molar-refractivity contribution in [3.05, 3.63) is 58.9 Å². The lowest BCUT2D eigenvalue weighted by Gasteiger charge is -2.11. The number of amides is 1. The van der Waals surface area contributed by atoms with Crippen LogP contribution in [0.1, 0.15) is 33.6 Å². The van der Waals surface area contributed by atoms with Gasteiger partial charge in [0.1, 0.15) is 17.1 Å². The quantitative estimate of drug-likeness (QED) is 0.537. The molecule has 3 aromatic heterocycles. The van der Waals surface area contributed by atoms with Crippen LogP contribution in [0, 0.1) is 0 Å². The van der Waals surface area contributed by atoms with Crippen LogP contribution in [-0.4, -0.2) is 15.9 Å². The van der Waals surface area contributed by atoms with Gasteiger partial charge in [-0.2, -0.15) is 0 Å². The number of H-pyrrole nitrogens is 1. The SMILES string of the molecule is O=C(Nc1sc2c(c1-c1nc3ccccc3[nH]1)CCCC2)c1ccoc1. The molecule has 0 bridgehead atoms. The van der Waals surface area contributed by atoms with Crippen molar-refractivity contribution in [3.8, 4) is 11.4 Å². The molecule has 1 aromatic carbocycles. The molecule has 0 saturated heterocycles. The number of nitrogens with one attached hydrogen (secondary N) is 2. The van der Waals surface area contributed by atoms with Gasteiger partial charge in [-0.25, -0.2) is 4.98 Å². The fraction of sp³-hybridized carbons (Fsp3) is 0.200. The monoisotopic (exact) mass is 363 g/mol. The van der Waals surface area contributed by atoms with E-state index in [0.29, 0.717) is 5.56 Å². The van der Waals surface area contributed by atoms with Crippen molar-refractivity contribution in [3.63, 3.8) is 0 Å². The third-order valence-corrected chi connectivity index (χ3v) is 6.02. The second-order valence-corrected chi connectivity index (χ2v) is 7.59. The molecule has 1 amide bonds. The molecule has 130 valence electrons. The van der Waals surface area contributed by atoms with E-state index in [-0.39, 0.29) is 5.91 Å². The number of hydrogen-bond acceptors (Lipinski definition) is 4. The van der Waals surface area contributed by atoms with Crippen molar-refractivity contribution in [1.82, 2.24) is 9.97 Å². The predicted molar refractivity (Wildman–Crippen MR) is 103 cm³/mol. The average molecular weight is 363 g/mol. The highest BCUT2D eigenvalue weighted by Gasteiger charge is 2.25. The zero-order valence-corrected chi connectivity index (χ0v) is 14.9. The summed E-state index contributed by atoms with van der Waals surface area (Å²) in [6.07, 6.45) is 7.43. The Kier molecular flexibility index (Phi) is 3.64. The van der Waals surface area contributed by atoms with Crippen molar-refractivity contribution < 1.29 is 9.21 Å². The van der Waals surface area contributed by atoms with Crippen LogP contribution in [0.5, 0.6) is 0 Å². The Morgan fingerprint density at radius 2 is 2.08 bits per heavy atom. The second-order valence-electron chi connectivity index (χ2n) is 6.48. The minimum absolute atomic E-state index is 0.158. The lowest BCUT2D eigenvalue weighted by Crippen LogP contribution is -2.10. The summed E-state index contributed by atoms with van der Waals surface area (Å²) in [6, 6.07) is 9.67. The summed E-state index contributed by atoms with van der Waals surface area (Å²) in [4.78, 5) is 22.1. The standard InChI is InChI=1S/C20H17N3O2S/c24-19(12-9-10-25-11-12)23-20-17(13-5-1-4-8-16(13)26-20)18-21-14-6-2-3-7-15(14)22-18/h2-3,6-7,9-11H,1,4-5,8H2,(H,21,22)(H,23,24). The number of thiophene rings is 1. The van der Waals surface area contributed by atoms with Gasteiger partial charge in [0.2, 0.25) is 0 Å². The third-order valence-electron chi connectivity index (χ3n) is 4.81. The molecule has 4 aromatic rings. The van der Waals surface area contributed by atoms with Crippen molar-refractivity contribution in [2.24, 2.45) is 0 Å². The van der Waals surface area contributed by atoms with Gasteiger partial charge in [0.05, 0.1) is 28.4 Å². The van der Waals surface area contributed by atoms with Gasteiger partial charge in [-0.3, -0.25) is 4.79 Å². The summed E-state index contributed by atoms with van der Waals surface area (Å²) < 4.78 is 5.03. The largest absolute Gasteiger partial charge is 0.472 e. The van der Waals surface area contributed by atoms with Crippen molar-refractivity contribution in [1.29, 1.82) is 0 Å². The number of para-hydroxylation sites is 2. The number of aromatic nitrogens is 2. The smallest absolute Gasteiger partial charge is 0.259 e. The molecular weight excluding hydrogens is 346 g/mol. The summed E-state index contributed by atoms with van der Waals surface area (Å²) in [5.41, 5.74) is 4.82. The maximum Gasteiger partial charge on any atom is 0.259 e. The first-order valence-electron chi connectivity index (χ1n) is 8.73. The van der Waals surface area contributed by atoms with Gasteiger partial charge >= 0.3 is 0 Å². The Morgan fingerprint density at radius 3 is 2.92 bits per heavy atom. The first kappa shape index (κ1) is 15.4. The zero-order chi connectivity index (χ0) is 17.5. The number of imidazole rings is 1. The highest BCUT2D eigenvalue weighted by atomic mass is 32.1. The highest BCUT2D eigenvalue weighted by molar-refractivity contribution is 7.17. The number of carbonyl (C=O) groups excluding carboxylic acids is 1. The van der Waals surface area contributed by atoms with Crippen LogP contribution in [0.2, 0.25) is 0 Å². The maximum absolute atomic E-state index is 12.5. The molecule has 0 aliphatic heterocycles. The van der Waals surface area contributed by atoms with E-state index in [1.165, 1.54) is 35.8 Å². The minimum Gasteiger partial charge on any atom is -0.472 e. The number of furan rings is 1. The number of fused-ring (bicyclic) bond motifs is 2. The number of anilines is 1. The Morgan fingerprint density at radius 1 is 1.19 bits per heavy atom. The Balaban J connectivity index is 1.62. The molecule has 1 aliphatic rings. The molecule has 0 atom stereocenters. The molecule has 1 aliphatic carbocycles. The number of hydrogen-bond donors (Lipinski definition) is 2. The fourth-order valence-corrected chi connectivity index (χ4v) is 4.83. The molecule has 5 nitrogen and oxygen atoms in total. The molecular formula is C20H17N3O2S. The van der Waals surface area contributed by atoms with E-state index in [1.54, 1.807) is 17.4 Å². The molecule has 6 heteroatoms. The molecule has 0 spiro atoms. The summed E-state index contributed by atoms with van der Waals surface area (Å²) in [7, 11) is 0. The second kappa shape index (κ2) is 6.14. The van der Waals surface area contributed by atoms with Gasteiger partial charge in [0.15, 0.2) is 0 Å². The summed E-state index contributed by atoms with van der Waals surface area (Å²) in [6.45, 7) is 0. The third kappa shape index (κ3) is 2.54. The van der Waals surface area contributed by atoms with E-state index < -0.39 is 0 Å². The van der Waals surface area contributed by atoms with Crippen molar-refractivity contribution in [2.45, 2.75) is 25.7 Å². The van der Waals surface area contributed by atoms with Crippen molar-refractivity contribution >= 4 is 33.3 Å². The molecule has 3 heterocycles. The van der Waals surface area contributed by atoms with Crippen LogP contribution in [-0.2, 0) is 12.8 Å². The van der Waals surface area contributed by atoms with Crippen LogP contribution in [0.25, 0.3) is 22.4 Å². The van der Waals surface area contributed by atoms with E-state index in [0.717, 1.165) is 40.3 Å².